The number of phenols is 1. The summed E-state index contributed by atoms with van der Waals surface area (Å²) in [5.41, 5.74) is -0.131. The van der Waals surface area contributed by atoms with Gasteiger partial charge in [0.1, 0.15) is 28.1 Å². The van der Waals surface area contributed by atoms with Crippen LogP contribution in [0.1, 0.15) is 60.7 Å². The number of halogens is 2. The Morgan fingerprint density at radius 1 is 1.17 bits per heavy atom. The average Bonchev–Trinajstić information content (AvgIpc) is 2.72. The number of carbonyl (C=O) groups excluding carboxylic acids is 2. The Morgan fingerprint density at radius 3 is 2.31 bits per heavy atom. The lowest BCUT2D eigenvalue weighted by Gasteiger charge is -2.29. The van der Waals surface area contributed by atoms with Crippen LogP contribution in [-0.4, -0.2) is 44.2 Å². The lowest BCUT2D eigenvalue weighted by molar-refractivity contribution is -0.157. The minimum Gasteiger partial charge on any atom is -0.506 e. The lowest BCUT2D eigenvalue weighted by atomic mass is 9.88. The van der Waals surface area contributed by atoms with Crippen molar-refractivity contribution in [3.63, 3.8) is 0 Å². The fourth-order valence-corrected chi connectivity index (χ4v) is 5.33. The molecule has 11 heteroatoms. The first-order chi connectivity index (χ1) is 16.0. The van der Waals surface area contributed by atoms with Gasteiger partial charge in [0, 0.05) is 10.9 Å². The number of hydrogen-bond donors (Lipinski definition) is 2. The van der Waals surface area contributed by atoms with Gasteiger partial charge < -0.3 is 14.6 Å². The first kappa shape index (κ1) is 28.5. The van der Waals surface area contributed by atoms with Crippen molar-refractivity contribution < 1.29 is 37.0 Å². The van der Waals surface area contributed by atoms with E-state index in [0.717, 1.165) is 24.8 Å². The van der Waals surface area contributed by atoms with Crippen molar-refractivity contribution >= 4 is 33.6 Å². The van der Waals surface area contributed by atoms with Gasteiger partial charge in [0.2, 0.25) is 10.0 Å². The first-order valence-corrected chi connectivity index (χ1v) is 12.5. The molecule has 0 aliphatic heterocycles. The van der Waals surface area contributed by atoms with E-state index in [4.69, 9.17) is 16.3 Å². The van der Waals surface area contributed by atoms with Crippen LogP contribution < -0.4 is 4.72 Å². The standard InChI is InChI=1S/C24H29ClFNO7S/c1-12-8-9-17(26)19(13(12)2)14(3)20(23(30)34-24(4,5)6)27-35(31,32)21-16(22(29)33-7)10-15(25)11-18(21)28/h8-11,14,20,27-28H,1-7H3/t14?,20-/m0/s1. The number of methoxy groups -OCH3 is 1. The molecule has 2 rings (SSSR count). The number of carbonyl (C=O) groups is 2. The summed E-state index contributed by atoms with van der Waals surface area (Å²) in [4.78, 5) is 24.6. The van der Waals surface area contributed by atoms with E-state index in [2.05, 4.69) is 9.46 Å². The molecule has 2 aromatic carbocycles. The normalized spacial score (nSPS) is 13.7. The van der Waals surface area contributed by atoms with Crippen LogP contribution in [0.5, 0.6) is 5.75 Å². The molecule has 2 N–H and O–H groups in total. The molecular weight excluding hydrogens is 501 g/mol. The van der Waals surface area contributed by atoms with Crippen molar-refractivity contribution in [3.8, 4) is 5.75 Å². The topological polar surface area (TPSA) is 119 Å². The second-order valence-corrected chi connectivity index (χ2v) is 11.2. The van der Waals surface area contributed by atoms with Crippen molar-refractivity contribution in [2.24, 2.45) is 0 Å². The summed E-state index contributed by atoms with van der Waals surface area (Å²) in [6.07, 6.45) is 0. The Bertz CT molecular complexity index is 1260. The van der Waals surface area contributed by atoms with Crippen LogP contribution in [0.2, 0.25) is 5.02 Å². The molecule has 0 spiro atoms. The Balaban J connectivity index is 2.69. The number of ether oxygens (including phenoxy) is 2. The fraction of sp³-hybridized carbons (Fsp3) is 0.417. The van der Waals surface area contributed by atoms with E-state index in [1.54, 1.807) is 40.7 Å². The zero-order valence-corrected chi connectivity index (χ0v) is 22.1. The highest BCUT2D eigenvalue weighted by atomic mass is 35.5. The van der Waals surface area contributed by atoms with Gasteiger partial charge >= 0.3 is 11.9 Å². The molecule has 0 heterocycles. The predicted octanol–water partition coefficient (Wildman–Crippen LogP) is 4.38. The maximum absolute atomic E-state index is 14.9. The highest BCUT2D eigenvalue weighted by molar-refractivity contribution is 7.89. The number of rotatable bonds is 7. The smallest absolute Gasteiger partial charge is 0.339 e. The first-order valence-electron chi connectivity index (χ1n) is 10.6. The molecule has 0 fully saturated rings. The van der Waals surface area contributed by atoms with Gasteiger partial charge in [-0.1, -0.05) is 24.6 Å². The van der Waals surface area contributed by atoms with Gasteiger partial charge in [-0.25, -0.2) is 17.6 Å². The van der Waals surface area contributed by atoms with Crippen LogP contribution >= 0.6 is 11.6 Å². The number of aryl methyl sites for hydroxylation is 1. The number of phenolic OH excluding ortho intramolecular Hbond substituents is 1. The molecule has 8 nitrogen and oxygen atoms in total. The molecule has 192 valence electrons. The Labute approximate surface area is 209 Å². The molecule has 0 saturated heterocycles. The second kappa shape index (κ2) is 10.5. The molecule has 35 heavy (non-hydrogen) atoms. The minimum atomic E-state index is -4.76. The third-order valence-electron chi connectivity index (χ3n) is 5.34. The summed E-state index contributed by atoms with van der Waals surface area (Å²) in [6.45, 7) is 9.68. The van der Waals surface area contributed by atoms with E-state index in [1.165, 1.54) is 13.0 Å². The summed E-state index contributed by atoms with van der Waals surface area (Å²) in [7, 11) is -3.74. The van der Waals surface area contributed by atoms with Gasteiger partial charge in [-0.15, -0.1) is 0 Å². The molecule has 0 amide bonds. The molecule has 2 aromatic rings. The summed E-state index contributed by atoms with van der Waals surface area (Å²) in [5.74, 6) is -4.54. The highest BCUT2D eigenvalue weighted by Crippen LogP contribution is 2.34. The number of benzene rings is 2. The van der Waals surface area contributed by atoms with Crippen LogP contribution in [0.15, 0.2) is 29.2 Å². The number of sulfonamides is 1. The van der Waals surface area contributed by atoms with Gasteiger partial charge in [0.25, 0.3) is 0 Å². The quantitative estimate of drug-likeness (QED) is 0.511. The largest absolute Gasteiger partial charge is 0.506 e. The molecule has 1 unspecified atom stereocenters. The van der Waals surface area contributed by atoms with Crippen LogP contribution in [0, 0.1) is 19.7 Å². The second-order valence-electron chi connectivity index (χ2n) is 9.12. The van der Waals surface area contributed by atoms with E-state index >= 15 is 0 Å². The molecular formula is C24H29ClFNO7S. The summed E-state index contributed by atoms with van der Waals surface area (Å²) >= 11 is 5.88. The summed E-state index contributed by atoms with van der Waals surface area (Å²) in [5, 5.41) is 10.3. The monoisotopic (exact) mass is 529 g/mol. The molecule has 2 atom stereocenters. The van der Waals surface area contributed by atoms with Crippen LogP contribution in [0.25, 0.3) is 0 Å². The molecule has 0 aliphatic rings. The number of esters is 2. The SMILES string of the molecule is COC(=O)c1cc(Cl)cc(O)c1S(=O)(=O)N[C@H](C(=O)OC(C)(C)C)C(C)c1c(F)ccc(C)c1C. The fourth-order valence-electron chi connectivity index (χ4n) is 3.60. The number of hydrogen-bond acceptors (Lipinski definition) is 7. The average molecular weight is 530 g/mol. The van der Waals surface area contributed by atoms with E-state index < -0.39 is 61.5 Å². The zero-order valence-electron chi connectivity index (χ0n) is 20.5. The Kier molecular flexibility index (Phi) is 8.57. The summed E-state index contributed by atoms with van der Waals surface area (Å²) in [6, 6.07) is 3.13. The number of aromatic hydroxyl groups is 1. The minimum absolute atomic E-state index is 0.114. The number of nitrogens with one attached hydrogen (secondary N) is 1. The van der Waals surface area contributed by atoms with Gasteiger partial charge in [0.05, 0.1) is 12.7 Å². The van der Waals surface area contributed by atoms with Crippen molar-refractivity contribution in [1.82, 2.24) is 4.72 Å². The lowest BCUT2D eigenvalue weighted by Crippen LogP contribution is -2.47. The molecule has 0 saturated carbocycles. The maximum Gasteiger partial charge on any atom is 0.339 e. The molecule has 0 bridgehead atoms. The van der Waals surface area contributed by atoms with Gasteiger partial charge in [-0.2, -0.15) is 4.72 Å². The maximum atomic E-state index is 14.9. The van der Waals surface area contributed by atoms with Gasteiger partial charge in [-0.05, 0) is 69.5 Å². The van der Waals surface area contributed by atoms with E-state index in [1.807, 2.05) is 0 Å². The molecule has 0 aliphatic carbocycles. The third kappa shape index (κ3) is 6.50. The van der Waals surface area contributed by atoms with Crippen LogP contribution in [0.3, 0.4) is 0 Å². The Morgan fingerprint density at radius 2 is 1.77 bits per heavy atom. The van der Waals surface area contributed by atoms with Gasteiger partial charge in [-0.3, -0.25) is 4.79 Å². The van der Waals surface area contributed by atoms with E-state index in [9.17, 15) is 27.5 Å². The van der Waals surface area contributed by atoms with Crippen molar-refractivity contribution in [2.45, 2.75) is 64.0 Å². The summed E-state index contributed by atoms with van der Waals surface area (Å²) < 4.78 is 54.0. The van der Waals surface area contributed by atoms with E-state index in [-0.39, 0.29) is 10.6 Å². The zero-order chi connectivity index (χ0) is 26.9. The van der Waals surface area contributed by atoms with Crippen molar-refractivity contribution in [3.05, 3.63) is 57.4 Å². The van der Waals surface area contributed by atoms with Crippen molar-refractivity contribution in [1.29, 1.82) is 0 Å². The molecule has 0 aromatic heterocycles. The highest BCUT2D eigenvalue weighted by Gasteiger charge is 2.38. The van der Waals surface area contributed by atoms with Crippen LogP contribution in [-0.2, 0) is 24.3 Å². The third-order valence-corrected chi connectivity index (χ3v) is 7.09. The van der Waals surface area contributed by atoms with Crippen LogP contribution in [0.4, 0.5) is 4.39 Å². The predicted molar refractivity (Wildman–Crippen MR) is 129 cm³/mol. The molecule has 0 radical (unpaired) electrons. The van der Waals surface area contributed by atoms with E-state index in [0.29, 0.717) is 5.56 Å². The Hall–Kier alpha value is -2.69. The van der Waals surface area contributed by atoms with Gasteiger partial charge in [0.15, 0.2) is 0 Å². The van der Waals surface area contributed by atoms with Crippen molar-refractivity contribution in [2.75, 3.05) is 7.11 Å².